The topological polar surface area (TPSA) is 35.2 Å². The highest BCUT2D eigenvalue weighted by molar-refractivity contribution is 4.78. The smallest absolute Gasteiger partial charge is 0.0644 e. The fraction of sp³-hybridized carbons (Fsp3) is 0.800. The molecule has 1 saturated carbocycles. The highest BCUT2D eigenvalue weighted by Crippen LogP contribution is 2.30. The van der Waals surface area contributed by atoms with Gasteiger partial charge in [0, 0.05) is 0 Å². The van der Waals surface area contributed by atoms with Crippen molar-refractivity contribution in [2.24, 2.45) is 17.6 Å². The monoisotopic (exact) mass is 169 g/mol. The van der Waals surface area contributed by atoms with Crippen molar-refractivity contribution in [2.45, 2.75) is 19.3 Å². The highest BCUT2D eigenvalue weighted by atomic mass is 16.5. The third-order valence-electron chi connectivity index (χ3n) is 2.69. The second-order valence-electron chi connectivity index (χ2n) is 3.51. The maximum absolute atomic E-state index is 5.65. The zero-order valence-electron chi connectivity index (χ0n) is 7.67. The molecule has 2 N–H and O–H groups in total. The van der Waals surface area contributed by atoms with Crippen LogP contribution in [0.5, 0.6) is 0 Å². The average Bonchev–Trinajstić information content (AvgIpc) is 2.52. The van der Waals surface area contributed by atoms with Gasteiger partial charge in [-0.15, -0.1) is 6.58 Å². The third-order valence-corrected chi connectivity index (χ3v) is 2.69. The van der Waals surface area contributed by atoms with Crippen molar-refractivity contribution in [2.75, 3.05) is 19.8 Å². The van der Waals surface area contributed by atoms with Crippen molar-refractivity contribution in [1.29, 1.82) is 0 Å². The molecule has 1 aliphatic rings. The molecule has 12 heavy (non-hydrogen) atoms. The van der Waals surface area contributed by atoms with Crippen LogP contribution in [0, 0.1) is 11.8 Å². The first kappa shape index (κ1) is 9.75. The zero-order chi connectivity index (χ0) is 8.81. The van der Waals surface area contributed by atoms with Gasteiger partial charge in [-0.05, 0) is 31.2 Å². The molecule has 2 unspecified atom stereocenters. The van der Waals surface area contributed by atoms with Crippen LogP contribution in [0.4, 0.5) is 0 Å². The Labute approximate surface area is 74.8 Å². The van der Waals surface area contributed by atoms with E-state index in [0.29, 0.717) is 18.4 Å². The molecule has 0 aromatic heterocycles. The first-order chi connectivity index (χ1) is 5.88. The summed E-state index contributed by atoms with van der Waals surface area (Å²) >= 11 is 0. The molecule has 1 rings (SSSR count). The lowest BCUT2D eigenvalue weighted by molar-refractivity contribution is 0.108. The molecule has 0 amide bonds. The third kappa shape index (κ3) is 2.61. The molecule has 2 atom stereocenters. The minimum atomic E-state index is 0.674. The Balaban J connectivity index is 2.16. The number of hydrogen-bond donors (Lipinski definition) is 1. The van der Waals surface area contributed by atoms with E-state index in [4.69, 9.17) is 10.5 Å². The summed E-state index contributed by atoms with van der Waals surface area (Å²) in [5.41, 5.74) is 5.65. The summed E-state index contributed by atoms with van der Waals surface area (Å²) in [7, 11) is 0. The van der Waals surface area contributed by atoms with Crippen LogP contribution in [0.2, 0.25) is 0 Å². The standard InChI is InChI=1S/C10H19NO/c1-2-6-12-8-10-5-3-4-9(10)7-11/h2,9-10H,1,3-8,11H2. The summed E-state index contributed by atoms with van der Waals surface area (Å²) in [6.45, 7) is 5.98. The predicted molar refractivity (Wildman–Crippen MR) is 50.9 cm³/mol. The Morgan fingerprint density at radius 3 is 2.83 bits per heavy atom. The van der Waals surface area contributed by atoms with Gasteiger partial charge >= 0.3 is 0 Å². The van der Waals surface area contributed by atoms with Crippen LogP contribution in [0.1, 0.15) is 19.3 Å². The summed E-state index contributed by atoms with van der Waals surface area (Å²) < 4.78 is 5.43. The molecule has 0 aliphatic heterocycles. The van der Waals surface area contributed by atoms with Crippen molar-refractivity contribution in [3.05, 3.63) is 12.7 Å². The summed E-state index contributed by atoms with van der Waals surface area (Å²) in [6, 6.07) is 0. The summed E-state index contributed by atoms with van der Waals surface area (Å²) in [5.74, 6) is 1.41. The van der Waals surface area contributed by atoms with E-state index in [1.54, 1.807) is 6.08 Å². The number of hydrogen-bond acceptors (Lipinski definition) is 2. The molecule has 1 aliphatic carbocycles. The molecule has 0 heterocycles. The molecule has 2 nitrogen and oxygen atoms in total. The molecule has 0 spiro atoms. The second kappa shape index (κ2) is 5.33. The fourth-order valence-electron chi connectivity index (χ4n) is 1.95. The van der Waals surface area contributed by atoms with Crippen molar-refractivity contribution in [3.8, 4) is 0 Å². The molecule has 0 radical (unpaired) electrons. The molecule has 70 valence electrons. The van der Waals surface area contributed by atoms with Crippen molar-refractivity contribution < 1.29 is 4.74 Å². The van der Waals surface area contributed by atoms with Crippen LogP contribution < -0.4 is 5.73 Å². The molecule has 0 aromatic rings. The Hall–Kier alpha value is -0.340. The van der Waals surface area contributed by atoms with Crippen LogP contribution in [0.3, 0.4) is 0 Å². The fourth-order valence-corrected chi connectivity index (χ4v) is 1.95. The Bertz CT molecular complexity index is 136. The van der Waals surface area contributed by atoms with Crippen molar-refractivity contribution >= 4 is 0 Å². The lowest BCUT2D eigenvalue weighted by atomic mass is 9.97. The quantitative estimate of drug-likeness (QED) is 0.501. The van der Waals surface area contributed by atoms with Crippen LogP contribution >= 0.6 is 0 Å². The van der Waals surface area contributed by atoms with Crippen LogP contribution in [-0.4, -0.2) is 19.8 Å². The van der Waals surface area contributed by atoms with Gasteiger partial charge in [0.15, 0.2) is 0 Å². The molecule has 1 fully saturated rings. The maximum Gasteiger partial charge on any atom is 0.0644 e. The minimum absolute atomic E-state index is 0.674. The SMILES string of the molecule is C=CCOCC1CCCC1CN. The zero-order valence-corrected chi connectivity index (χ0v) is 7.67. The van der Waals surface area contributed by atoms with E-state index in [2.05, 4.69) is 6.58 Å². The lowest BCUT2D eigenvalue weighted by Gasteiger charge is -2.16. The Morgan fingerprint density at radius 2 is 2.17 bits per heavy atom. The molecule has 0 bridgehead atoms. The van der Waals surface area contributed by atoms with Gasteiger partial charge in [-0.25, -0.2) is 0 Å². The van der Waals surface area contributed by atoms with Crippen LogP contribution in [-0.2, 0) is 4.74 Å². The van der Waals surface area contributed by atoms with Crippen molar-refractivity contribution in [3.63, 3.8) is 0 Å². The van der Waals surface area contributed by atoms with Crippen molar-refractivity contribution in [1.82, 2.24) is 0 Å². The van der Waals surface area contributed by atoms with Gasteiger partial charge in [-0.3, -0.25) is 0 Å². The van der Waals surface area contributed by atoms with Gasteiger partial charge in [-0.2, -0.15) is 0 Å². The number of ether oxygens (including phenoxy) is 1. The Morgan fingerprint density at radius 1 is 1.42 bits per heavy atom. The first-order valence-corrected chi connectivity index (χ1v) is 4.77. The summed E-state index contributed by atoms with van der Waals surface area (Å²) in [4.78, 5) is 0. The van der Waals surface area contributed by atoms with Gasteiger partial charge in [0.05, 0.1) is 13.2 Å². The maximum atomic E-state index is 5.65. The molecule has 0 saturated heterocycles. The second-order valence-corrected chi connectivity index (χ2v) is 3.51. The van der Waals surface area contributed by atoms with Gasteiger partial charge in [0.25, 0.3) is 0 Å². The average molecular weight is 169 g/mol. The Kier molecular flexibility index (Phi) is 4.33. The van der Waals surface area contributed by atoms with E-state index < -0.39 is 0 Å². The van der Waals surface area contributed by atoms with E-state index in [1.165, 1.54) is 19.3 Å². The van der Waals surface area contributed by atoms with Gasteiger partial charge in [-0.1, -0.05) is 12.5 Å². The number of rotatable bonds is 5. The van der Waals surface area contributed by atoms with Gasteiger partial charge < -0.3 is 10.5 Å². The van der Waals surface area contributed by atoms with Gasteiger partial charge in [0.2, 0.25) is 0 Å². The van der Waals surface area contributed by atoms with Crippen LogP contribution in [0.15, 0.2) is 12.7 Å². The van der Waals surface area contributed by atoms with E-state index in [1.807, 2.05) is 0 Å². The highest BCUT2D eigenvalue weighted by Gasteiger charge is 2.25. The largest absolute Gasteiger partial charge is 0.377 e. The molecular weight excluding hydrogens is 150 g/mol. The normalized spacial score (nSPS) is 29.1. The molecule has 2 heteroatoms. The van der Waals surface area contributed by atoms with E-state index >= 15 is 0 Å². The molecule has 0 aromatic carbocycles. The van der Waals surface area contributed by atoms with E-state index in [-0.39, 0.29) is 0 Å². The summed E-state index contributed by atoms with van der Waals surface area (Å²) in [5, 5.41) is 0. The predicted octanol–water partition coefficient (Wildman–Crippen LogP) is 1.56. The summed E-state index contributed by atoms with van der Waals surface area (Å²) in [6.07, 6.45) is 5.70. The van der Waals surface area contributed by atoms with E-state index in [9.17, 15) is 0 Å². The lowest BCUT2D eigenvalue weighted by Crippen LogP contribution is -2.22. The van der Waals surface area contributed by atoms with Crippen LogP contribution in [0.25, 0.3) is 0 Å². The van der Waals surface area contributed by atoms with E-state index in [0.717, 1.165) is 13.2 Å². The van der Waals surface area contributed by atoms with Gasteiger partial charge in [0.1, 0.15) is 0 Å². The minimum Gasteiger partial charge on any atom is -0.377 e. The first-order valence-electron chi connectivity index (χ1n) is 4.77. The number of nitrogens with two attached hydrogens (primary N) is 1. The molecular formula is C10H19NO.